The number of rotatable bonds is 5. The lowest BCUT2D eigenvalue weighted by Gasteiger charge is -2.39. The molecule has 0 spiro atoms. The van der Waals surface area contributed by atoms with E-state index < -0.39 is 0 Å². The summed E-state index contributed by atoms with van der Waals surface area (Å²) in [6.07, 6.45) is 6.89. The molecule has 1 aliphatic carbocycles. The van der Waals surface area contributed by atoms with Crippen molar-refractivity contribution < 1.29 is 4.79 Å². The van der Waals surface area contributed by atoms with Gasteiger partial charge in [0.25, 0.3) is 0 Å². The van der Waals surface area contributed by atoms with E-state index in [4.69, 9.17) is 0 Å². The molecular weight excluding hydrogens is 290 g/mol. The van der Waals surface area contributed by atoms with Crippen molar-refractivity contribution in [1.29, 1.82) is 0 Å². The first-order chi connectivity index (χ1) is 8.40. The van der Waals surface area contributed by atoms with Gasteiger partial charge in [-0.25, -0.2) is 0 Å². The summed E-state index contributed by atoms with van der Waals surface area (Å²) < 4.78 is 0. The molecule has 0 radical (unpaired) electrons. The van der Waals surface area contributed by atoms with Crippen LogP contribution in [-0.2, 0) is 4.79 Å². The van der Waals surface area contributed by atoms with Crippen molar-refractivity contribution in [2.45, 2.75) is 77.1 Å². The number of nitrogens with one attached hydrogen (secondary N) is 1. The van der Waals surface area contributed by atoms with Crippen molar-refractivity contribution in [3.05, 3.63) is 0 Å². The van der Waals surface area contributed by atoms with Crippen LogP contribution in [-0.4, -0.2) is 16.8 Å². The van der Waals surface area contributed by atoms with Gasteiger partial charge in [-0.2, -0.15) is 0 Å². The van der Waals surface area contributed by atoms with E-state index in [0.29, 0.717) is 11.5 Å². The third-order valence-corrected chi connectivity index (χ3v) is 5.80. The van der Waals surface area contributed by atoms with Gasteiger partial charge in [0, 0.05) is 6.04 Å². The van der Waals surface area contributed by atoms with Crippen LogP contribution in [0.2, 0.25) is 0 Å². The van der Waals surface area contributed by atoms with Crippen LogP contribution in [0.4, 0.5) is 0 Å². The smallest absolute Gasteiger partial charge is 0.233 e. The van der Waals surface area contributed by atoms with Crippen LogP contribution in [0.5, 0.6) is 0 Å². The molecule has 18 heavy (non-hydrogen) atoms. The third-order valence-electron chi connectivity index (χ3n) is 4.73. The molecule has 3 heteroatoms. The molecule has 1 aliphatic rings. The highest BCUT2D eigenvalue weighted by Crippen LogP contribution is 2.40. The predicted octanol–water partition coefficient (Wildman–Crippen LogP) is 4.27. The minimum absolute atomic E-state index is 0.0256. The molecule has 0 bridgehead atoms. The minimum Gasteiger partial charge on any atom is -0.352 e. The maximum atomic E-state index is 11.8. The quantitative estimate of drug-likeness (QED) is 0.754. The summed E-state index contributed by atoms with van der Waals surface area (Å²) in [5.74, 6) is 0.984. The van der Waals surface area contributed by atoms with Crippen LogP contribution < -0.4 is 5.32 Å². The van der Waals surface area contributed by atoms with Gasteiger partial charge in [-0.15, -0.1) is 0 Å². The van der Waals surface area contributed by atoms with E-state index in [1.165, 1.54) is 19.3 Å². The molecule has 0 aromatic heterocycles. The monoisotopic (exact) mass is 317 g/mol. The van der Waals surface area contributed by atoms with Gasteiger partial charge in [0.05, 0.1) is 4.83 Å². The molecule has 0 aromatic carbocycles. The van der Waals surface area contributed by atoms with Crippen LogP contribution in [0.15, 0.2) is 0 Å². The average Bonchev–Trinajstić information content (AvgIpc) is 2.38. The van der Waals surface area contributed by atoms with E-state index in [9.17, 15) is 4.79 Å². The Bertz CT molecular complexity index is 270. The number of amides is 1. The Labute approximate surface area is 120 Å². The highest BCUT2D eigenvalue weighted by Gasteiger charge is 2.32. The molecule has 1 unspecified atom stereocenters. The van der Waals surface area contributed by atoms with E-state index in [1.807, 2.05) is 6.92 Å². The summed E-state index contributed by atoms with van der Waals surface area (Å²) >= 11 is 3.41. The lowest BCUT2D eigenvalue weighted by molar-refractivity contribution is -0.121. The predicted molar refractivity (Wildman–Crippen MR) is 81.0 cm³/mol. The molecule has 2 nitrogen and oxygen atoms in total. The van der Waals surface area contributed by atoms with Gasteiger partial charge in [-0.1, -0.05) is 50.0 Å². The van der Waals surface area contributed by atoms with Crippen LogP contribution >= 0.6 is 15.9 Å². The molecule has 0 aliphatic heterocycles. The fourth-order valence-electron chi connectivity index (χ4n) is 2.78. The van der Waals surface area contributed by atoms with Crippen molar-refractivity contribution in [1.82, 2.24) is 5.32 Å². The van der Waals surface area contributed by atoms with E-state index in [2.05, 4.69) is 42.0 Å². The SMILES string of the molecule is CCC(Br)C(=O)NC1CCC(C(C)(C)CC)CC1. The number of alkyl halides is 1. The Morgan fingerprint density at radius 2 is 1.83 bits per heavy atom. The summed E-state index contributed by atoms with van der Waals surface area (Å²) in [5, 5.41) is 3.17. The molecular formula is C15H28BrNO. The molecule has 1 fully saturated rings. The molecule has 1 atom stereocenters. The molecule has 1 saturated carbocycles. The first kappa shape index (κ1) is 16.0. The number of hydrogen-bond acceptors (Lipinski definition) is 1. The summed E-state index contributed by atoms with van der Waals surface area (Å²) in [6.45, 7) is 9.06. The second-order valence-corrected chi connectivity index (χ2v) is 7.38. The highest BCUT2D eigenvalue weighted by atomic mass is 79.9. The van der Waals surface area contributed by atoms with Crippen LogP contribution in [0, 0.1) is 11.3 Å². The van der Waals surface area contributed by atoms with Gasteiger partial charge in [-0.3, -0.25) is 4.79 Å². The molecule has 1 rings (SSSR count). The third kappa shape index (κ3) is 4.25. The topological polar surface area (TPSA) is 29.1 Å². The lowest BCUT2D eigenvalue weighted by Crippen LogP contribution is -2.42. The first-order valence-electron chi connectivity index (χ1n) is 7.35. The second-order valence-electron chi connectivity index (χ2n) is 6.28. The van der Waals surface area contributed by atoms with Crippen molar-refractivity contribution in [3.63, 3.8) is 0 Å². The van der Waals surface area contributed by atoms with Gasteiger partial charge < -0.3 is 5.32 Å². The highest BCUT2D eigenvalue weighted by molar-refractivity contribution is 9.10. The molecule has 106 valence electrons. The number of hydrogen-bond donors (Lipinski definition) is 1. The largest absolute Gasteiger partial charge is 0.352 e. The number of halogens is 1. The van der Waals surface area contributed by atoms with Crippen molar-refractivity contribution in [2.75, 3.05) is 0 Å². The van der Waals surface area contributed by atoms with Gasteiger partial charge in [0.15, 0.2) is 0 Å². The standard InChI is InChI=1S/C15H28BrNO/c1-5-13(16)14(18)17-12-9-7-11(8-10-12)15(3,4)6-2/h11-13H,5-10H2,1-4H3,(H,17,18). The van der Waals surface area contributed by atoms with E-state index in [-0.39, 0.29) is 10.7 Å². The van der Waals surface area contributed by atoms with Gasteiger partial charge >= 0.3 is 0 Å². The summed E-state index contributed by atoms with van der Waals surface area (Å²) in [7, 11) is 0. The normalized spacial score (nSPS) is 26.7. The average molecular weight is 318 g/mol. The van der Waals surface area contributed by atoms with Crippen molar-refractivity contribution >= 4 is 21.8 Å². The number of carbonyl (C=O) groups is 1. The molecule has 0 aromatic rings. The van der Waals surface area contributed by atoms with Gasteiger partial charge in [0.1, 0.15) is 0 Å². The van der Waals surface area contributed by atoms with Crippen LogP contribution in [0.1, 0.15) is 66.2 Å². The Kier molecular flexibility index (Phi) is 6.16. The summed E-state index contributed by atoms with van der Waals surface area (Å²) in [6, 6.07) is 0.396. The molecule has 1 amide bonds. The van der Waals surface area contributed by atoms with Crippen molar-refractivity contribution in [3.8, 4) is 0 Å². The fourth-order valence-corrected chi connectivity index (χ4v) is 2.92. The molecule has 1 N–H and O–H groups in total. The lowest BCUT2D eigenvalue weighted by atomic mass is 9.69. The van der Waals surface area contributed by atoms with Gasteiger partial charge in [-0.05, 0) is 43.4 Å². The fraction of sp³-hybridized carbons (Fsp3) is 0.933. The van der Waals surface area contributed by atoms with E-state index >= 15 is 0 Å². The Balaban J connectivity index is 2.38. The zero-order chi connectivity index (χ0) is 13.8. The Hall–Kier alpha value is -0.0500. The van der Waals surface area contributed by atoms with Crippen LogP contribution in [0.3, 0.4) is 0 Å². The number of carbonyl (C=O) groups excluding carboxylic acids is 1. The zero-order valence-electron chi connectivity index (χ0n) is 12.3. The van der Waals surface area contributed by atoms with Gasteiger partial charge in [0.2, 0.25) is 5.91 Å². The zero-order valence-corrected chi connectivity index (χ0v) is 13.8. The summed E-state index contributed by atoms with van der Waals surface area (Å²) in [4.78, 5) is 11.8. The summed E-state index contributed by atoms with van der Waals surface area (Å²) in [5.41, 5.74) is 0.455. The molecule has 0 heterocycles. The first-order valence-corrected chi connectivity index (χ1v) is 8.26. The van der Waals surface area contributed by atoms with Crippen molar-refractivity contribution in [2.24, 2.45) is 11.3 Å². The van der Waals surface area contributed by atoms with E-state index in [1.54, 1.807) is 0 Å². The Morgan fingerprint density at radius 3 is 2.28 bits per heavy atom. The molecule has 0 saturated heterocycles. The van der Waals surface area contributed by atoms with E-state index in [0.717, 1.165) is 25.2 Å². The maximum absolute atomic E-state index is 11.8. The maximum Gasteiger partial charge on any atom is 0.233 e. The minimum atomic E-state index is -0.0256. The van der Waals surface area contributed by atoms with Crippen LogP contribution in [0.25, 0.3) is 0 Å². The Morgan fingerprint density at radius 1 is 1.28 bits per heavy atom. The second kappa shape index (κ2) is 6.93.